The molecule has 1 aliphatic rings. The maximum Gasteiger partial charge on any atom is 0.419 e. The van der Waals surface area contributed by atoms with Gasteiger partial charge < -0.3 is 10.1 Å². The van der Waals surface area contributed by atoms with Crippen LogP contribution in [-0.2, 0) is 9.53 Å². The molecule has 0 spiro atoms. The van der Waals surface area contributed by atoms with Gasteiger partial charge in [-0.15, -0.1) is 0 Å². The lowest BCUT2D eigenvalue weighted by Gasteiger charge is -2.08. The summed E-state index contributed by atoms with van der Waals surface area (Å²) in [6.07, 6.45) is 3.69. The average molecular weight is 195 g/mol. The van der Waals surface area contributed by atoms with Crippen LogP contribution < -0.4 is 5.32 Å². The van der Waals surface area contributed by atoms with E-state index in [0.717, 1.165) is 0 Å². The Morgan fingerprint density at radius 3 is 3.14 bits per heavy atom. The van der Waals surface area contributed by atoms with Gasteiger partial charge in [-0.05, 0) is 0 Å². The first kappa shape index (κ1) is 8.74. The molecule has 1 N–H and O–H groups in total. The molecule has 1 saturated heterocycles. The van der Waals surface area contributed by atoms with E-state index < -0.39 is 6.09 Å². The van der Waals surface area contributed by atoms with Crippen LogP contribution in [0.3, 0.4) is 0 Å². The highest BCUT2D eigenvalue weighted by Crippen LogP contribution is 2.05. The van der Waals surface area contributed by atoms with Crippen LogP contribution in [-0.4, -0.2) is 34.2 Å². The predicted octanol–water partition coefficient (Wildman–Crippen LogP) is -0.244. The fraction of sp³-hybridized carbons (Fsp3) is 0.375. The number of imidazole rings is 1. The number of aromatic nitrogens is 2. The first-order valence-electron chi connectivity index (χ1n) is 4.21. The molecule has 1 atom stereocenters. The summed E-state index contributed by atoms with van der Waals surface area (Å²) in [4.78, 5) is 25.8. The van der Waals surface area contributed by atoms with Crippen LogP contribution in [0.2, 0.25) is 0 Å². The molecule has 6 nitrogen and oxygen atoms in total. The molecular weight excluding hydrogens is 186 g/mol. The Hall–Kier alpha value is -1.85. The molecule has 0 bridgehead atoms. The second-order valence-corrected chi connectivity index (χ2v) is 2.98. The second kappa shape index (κ2) is 3.49. The fourth-order valence-corrected chi connectivity index (χ4v) is 1.23. The quantitative estimate of drug-likeness (QED) is 0.671. The number of carbonyl (C=O) groups excluding carboxylic acids is 2. The van der Waals surface area contributed by atoms with Crippen molar-refractivity contribution in [1.29, 1.82) is 0 Å². The molecule has 1 amide bonds. The minimum Gasteiger partial charge on any atom is -0.443 e. The summed E-state index contributed by atoms with van der Waals surface area (Å²) < 4.78 is 6.25. The average Bonchev–Trinajstić information content (AvgIpc) is 2.75. The summed E-state index contributed by atoms with van der Waals surface area (Å²) in [5, 5.41) is 2.58. The van der Waals surface area contributed by atoms with Crippen LogP contribution in [0.1, 0.15) is 6.42 Å². The van der Waals surface area contributed by atoms with Crippen molar-refractivity contribution in [3.63, 3.8) is 0 Å². The molecule has 1 aromatic heterocycles. The molecule has 6 heteroatoms. The summed E-state index contributed by atoms with van der Waals surface area (Å²) in [6.45, 7) is 0.388. The third-order valence-corrected chi connectivity index (χ3v) is 1.92. The van der Waals surface area contributed by atoms with Crippen LogP contribution in [0.25, 0.3) is 0 Å². The Kier molecular flexibility index (Phi) is 2.18. The van der Waals surface area contributed by atoms with Crippen molar-refractivity contribution in [2.75, 3.05) is 6.54 Å². The molecule has 2 rings (SSSR count). The fourth-order valence-electron chi connectivity index (χ4n) is 1.23. The lowest BCUT2D eigenvalue weighted by Crippen LogP contribution is -2.23. The molecule has 0 radical (unpaired) electrons. The molecule has 74 valence electrons. The first-order chi connectivity index (χ1) is 6.75. The van der Waals surface area contributed by atoms with Crippen molar-refractivity contribution in [3.05, 3.63) is 18.7 Å². The van der Waals surface area contributed by atoms with E-state index in [4.69, 9.17) is 4.74 Å². The number of nitrogens with one attached hydrogen (secondary N) is 1. The van der Waals surface area contributed by atoms with Crippen molar-refractivity contribution in [2.45, 2.75) is 12.5 Å². The molecular formula is C8H9N3O3. The summed E-state index contributed by atoms with van der Waals surface area (Å²) in [6, 6.07) is 0. The number of carbonyl (C=O) groups is 2. The Morgan fingerprint density at radius 1 is 1.71 bits per heavy atom. The Bertz CT molecular complexity index is 347. The van der Waals surface area contributed by atoms with Gasteiger partial charge in [0.1, 0.15) is 12.4 Å². The molecule has 0 aliphatic carbocycles. The van der Waals surface area contributed by atoms with Crippen molar-refractivity contribution >= 4 is 12.0 Å². The van der Waals surface area contributed by atoms with E-state index in [1.165, 1.54) is 23.3 Å². The van der Waals surface area contributed by atoms with Crippen LogP contribution in [0.5, 0.6) is 0 Å². The Labute approximate surface area is 79.9 Å². The minimum absolute atomic E-state index is 0.0894. The predicted molar refractivity (Wildman–Crippen MR) is 45.5 cm³/mol. The van der Waals surface area contributed by atoms with Crippen molar-refractivity contribution in [1.82, 2.24) is 14.9 Å². The summed E-state index contributed by atoms with van der Waals surface area (Å²) in [5.41, 5.74) is 0. The van der Waals surface area contributed by atoms with E-state index in [1.807, 2.05) is 0 Å². The number of ether oxygens (including phenoxy) is 1. The number of hydrogen-bond donors (Lipinski definition) is 1. The van der Waals surface area contributed by atoms with Gasteiger partial charge in [0.05, 0.1) is 13.0 Å². The van der Waals surface area contributed by atoms with Crippen molar-refractivity contribution in [3.8, 4) is 0 Å². The maximum absolute atomic E-state index is 11.3. The topological polar surface area (TPSA) is 73.2 Å². The van der Waals surface area contributed by atoms with E-state index in [0.29, 0.717) is 6.54 Å². The summed E-state index contributed by atoms with van der Waals surface area (Å²) in [7, 11) is 0. The van der Waals surface area contributed by atoms with Gasteiger partial charge in [-0.3, -0.25) is 4.79 Å². The number of rotatable bonds is 1. The molecule has 2 heterocycles. The Balaban J connectivity index is 1.92. The van der Waals surface area contributed by atoms with Crippen LogP contribution in [0.15, 0.2) is 18.7 Å². The van der Waals surface area contributed by atoms with Crippen molar-refractivity contribution in [2.24, 2.45) is 0 Å². The van der Waals surface area contributed by atoms with Gasteiger partial charge in [-0.2, -0.15) is 0 Å². The zero-order valence-electron chi connectivity index (χ0n) is 7.34. The second-order valence-electron chi connectivity index (χ2n) is 2.98. The lowest BCUT2D eigenvalue weighted by atomic mass is 10.3. The monoisotopic (exact) mass is 195 g/mol. The third kappa shape index (κ3) is 1.73. The lowest BCUT2D eigenvalue weighted by molar-refractivity contribution is -0.119. The number of hydrogen-bond acceptors (Lipinski definition) is 4. The van der Waals surface area contributed by atoms with Gasteiger partial charge in [0.2, 0.25) is 5.91 Å². The molecule has 1 fully saturated rings. The zero-order valence-corrected chi connectivity index (χ0v) is 7.34. The standard InChI is InChI=1S/C8H9N3O3/c12-7-3-6(4-10-7)14-8(13)11-2-1-9-5-11/h1-2,5-6H,3-4H2,(H,10,12). The molecule has 1 unspecified atom stereocenters. The molecule has 1 aliphatic heterocycles. The highest BCUT2D eigenvalue weighted by molar-refractivity contribution is 5.79. The van der Waals surface area contributed by atoms with Crippen LogP contribution >= 0.6 is 0 Å². The van der Waals surface area contributed by atoms with Gasteiger partial charge >= 0.3 is 6.09 Å². The minimum atomic E-state index is -0.510. The maximum atomic E-state index is 11.3. The SMILES string of the molecule is O=C1CC(OC(=O)n2ccnc2)CN1. The van der Waals surface area contributed by atoms with E-state index >= 15 is 0 Å². The summed E-state index contributed by atoms with van der Waals surface area (Å²) in [5.74, 6) is -0.0894. The third-order valence-electron chi connectivity index (χ3n) is 1.92. The van der Waals surface area contributed by atoms with Gasteiger partial charge in [0, 0.05) is 12.4 Å². The van der Waals surface area contributed by atoms with Gasteiger partial charge in [0.15, 0.2) is 0 Å². The van der Waals surface area contributed by atoms with E-state index in [1.54, 1.807) is 0 Å². The van der Waals surface area contributed by atoms with E-state index in [2.05, 4.69) is 10.3 Å². The van der Waals surface area contributed by atoms with Crippen molar-refractivity contribution < 1.29 is 14.3 Å². The highest BCUT2D eigenvalue weighted by atomic mass is 16.6. The normalized spacial score (nSPS) is 20.6. The van der Waals surface area contributed by atoms with Crippen LogP contribution in [0.4, 0.5) is 4.79 Å². The van der Waals surface area contributed by atoms with Gasteiger partial charge in [0.25, 0.3) is 0 Å². The summed E-state index contributed by atoms with van der Waals surface area (Å²) >= 11 is 0. The molecule has 1 aromatic rings. The Morgan fingerprint density at radius 2 is 2.57 bits per heavy atom. The first-order valence-corrected chi connectivity index (χ1v) is 4.21. The number of nitrogens with zero attached hydrogens (tertiary/aromatic N) is 2. The largest absolute Gasteiger partial charge is 0.443 e. The van der Waals surface area contributed by atoms with E-state index in [9.17, 15) is 9.59 Å². The molecule has 0 aromatic carbocycles. The zero-order chi connectivity index (χ0) is 9.97. The van der Waals surface area contributed by atoms with Gasteiger partial charge in [-0.25, -0.2) is 14.3 Å². The molecule has 14 heavy (non-hydrogen) atoms. The van der Waals surface area contributed by atoms with Gasteiger partial charge in [-0.1, -0.05) is 0 Å². The smallest absolute Gasteiger partial charge is 0.419 e. The van der Waals surface area contributed by atoms with Crippen LogP contribution in [0, 0.1) is 0 Å². The number of amides is 1. The molecule has 0 saturated carbocycles. The van der Waals surface area contributed by atoms with E-state index in [-0.39, 0.29) is 18.4 Å². The highest BCUT2D eigenvalue weighted by Gasteiger charge is 2.25.